The Morgan fingerprint density at radius 2 is 2.05 bits per heavy atom. The van der Waals surface area contributed by atoms with Crippen molar-refractivity contribution in [1.82, 2.24) is 4.31 Å². The first-order chi connectivity index (χ1) is 8.84. The van der Waals surface area contributed by atoms with Crippen molar-refractivity contribution in [2.45, 2.75) is 17.4 Å². The van der Waals surface area contributed by atoms with Crippen LogP contribution in [0.25, 0.3) is 0 Å². The molecule has 106 valence electrons. The van der Waals surface area contributed by atoms with Crippen molar-refractivity contribution in [3.63, 3.8) is 0 Å². The molecule has 0 aromatic heterocycles. The van der Waals surface area contributed by atoms with Crippen LogP contribution in [0.1, 0.15) is 6.42 Å². The summed E-state index contributed by atoms with van der Waals surface area (Å²) < 4.78 is 57.3. The second kappa shape index (κ2) is 5.03. The molecule has 1 aromatic rings. The van der Waals surface area contributed by atoms with Gasteiger partial charge in [0.05, 0.1) is 18.3 Å². The Bertz CT molecular complexity index is 586. The molecule has 2 N–H and O–H groups in total. The average molecular weight is 292 g/mol. The molecule has 19 heavy (non-hydrogen) atoms. The van der Waals surface area contributed by atoms with E-state index in [4.69, 9.17) is 10.5 Å². The van der Waals surface area contributed by atoms with Gasteiger partial charge in [0, 0.05) is 19.7 Å². The van der Waals surface area contributed by atoms with Crippen LogP contribution in [0.3, 0.4) is 0 Å². The Hall–Kier alpha value is -1.25. The third kappa shape index (κ3) is 2.56. The molecule has 1 aromatic carbocycles. The zero-order valence-corrected chi connectivity index (χ0v) is 11.1. The minimum Gasteiger partial charge on any atom is -0.396 e. The summed E-state index contributed by atoms with van der Waals surface area (Å²) in [6.07, 6.45) is 0.536. The van der Waals surface area contributed by atoms with Crippen molar-refractivity contribution < 1.29 is 21.9 Å². The molecule has 1 unspecified atom stereocenters. The number of nitrogens with zero attached hydrogens (tertiary/aromatic N) is 1. The first kappa shape index (κ1) is 14.2. The highest BCUT2D eigenvalue weighted by molar-refractivity contribution is 7.89. The number of ether oxygens (including phenoxy) is 1. The van der Waals surface area contributed by atoms with Gasteiger partial charge in [-0.25, -0.2) is 17.2 Å². The molecule has 0 aliphatic carbocycles. The van der Waals surface area contributed by atoms with Crippen LogP contribution < -0.4 is 5.73 Å². The van der Waals surface area contributed by atoms with Crippen LogP contribution in [-0.2, 0) is 14.8 Å². The molecule has 5 nitrogen and oxygen atoms in total. The summed E-state index contributed by atoms with van der Waals surface area (Å²) in [5.41, 5.74) is 4.88. The van der Waals surface area contributed by atoms with E-state index in [0.29, 0.717) is 19.1 Å². The van der Waals surface area contributed by atoms with E-state index in [1.807, 2.05) is 0 Å². The van der Waals surface area contributed by atoms with Gasteiger partial charge >= 0.3 is 0 Å². The van der Waals surface area contributed by atoms with Gasteiger partial charge in [-0.1, -0.05) is 0 Å². The van der Waals surface area contributed by atoms with Crippen LogP contribution in [0.4, 0.5) is 14.5 Å². The van der Waals surface area contributed by atoms with Gasteiger partial charge in [0.2, 0.25) is 10.0 Å². The Balaban J connectivity index is 2.41. The first-order valence-electron chi connectivity index (χ1n) is 5.64. The number of likely N-dealkylation sites (N-methyl/N-ethyl adjacent to an activating group) is 1. The second-order valence-electron chi connectivity index (χ2n) is 4.34. The minimum absolute atomic E-state index is 0.258. The number of nitrogen functional groups attached to an aromatic ring is 1. The molecule has 0 saturated carbocycles. The molecule has 1 fully saturated rings. The fourth-order valence-corrected chi connectivity index (χ4v) is 3.35. The van der Waals surface area contributed by atoms with Gasteiger partial charge in [-0.3, -0.25) is 0 Å². The second-order valence-corrected chi connectivity index (χ2v) is 6.31. The Morgan fingerprint density at radius 3 is 2.63 bits per heavy atom. The summed E-state index contributed by atoms with van der Waals surface area (Å²) >= 11 is 0. The Morgan fingerprint density at radius 1 is 1.37 bits per heavy atom. The van der Waals surface area contributed by atoms with Crippen molar-refractivity contribution in [2.75, 3.05) is 26.0 Å². The van der Waals surface area contributed by atoms with Crippen LogP contribution in [0.15, 0.2) is 17.0 Å². The van der Waals surface area contributed by atoms with Gasteiger partial charge in [0.15, 0.2) is 0 Å². The van der Waals surface area contributed by atoms with Crippen LogP contribution in [0.2, 0.25) is 0 Å². The van der Waals surface area contributed by atoms with Crippen LogP contribution in [0, 0.1) is 11.6 Å². The smallest absolute Gasteiger partial charge is 0.246 e. The molecule has 2 rings (SSSR count). The number of anilines is 1. The number of hydrogen-bond donors (Lipinski definition) is 1. The van der Waals surface area contributed by atoms with Crippen LogP contribution >= 0.6 is 0 Å². The summed E-state index contributed by atoms with van der Waals surface area (Å²) in [5, 5.41) is 0. The number of benzene rings is 1. The monoisotopic (exact) mass is 292 g/mol. The van der Waals surface area contributed by atoms with Gasteiger partial charge < -0.3 is 10.5 Å². The Kier molecular flexibility index (Phi) is 3.75. The van der Waals surface area contributed by atoms with E-state index in [0.717, 1.165) is 10.4 Å². The maximum Gasteiger partial charge on any atom is 0.246 e. The molecular weight excluding hydrogens is 278 g/mol. The first-order valence-corrected chi connectivity index (χ1v) is 7.08. The third-order valence-corrected chi connectivity index (χ3v) is 5.05. The van der Waals surface area contributed by atoms with E-state index < -0.39 is 32.2 Å². The topological polar surface area (TPSA) is 72.6 Å². The molecule has 0 amide bonds. The number of sulfonamides is 1. The summed E-state index contributed by atoms with van der Waals surface area (Å²) in [4.78, 5) is -0.624. The number of hydrogen-bond acceptors (Lipinski definition) is 4. The Labute approximate surface area is 110 Å². The summed E-state index contributed by atoms with van der Waals surface area (Å²) in [5.74, 6) is -2.14. The summed E-state index contributed by atoms with van der Waals surface area (Å²) in [7, 11) is -2.72. The maximum atomic E-state index is 13.6. The maximum absolute atomic E-state index is 13.6. The van der Waals surface area contributed by atoms with Gasteiger partial charge in [-0.2, -0.15) is 4.31 Å². The van der Waals surface area contributed by atoms with Crippen molar-refractivity contribution >= 4 is 15.7 Å². The fraction of sp³-hybridized carbons (Fsp3) is 0.455. The van der Waals surface area contributed by atoms with Crippen molar-refractivity contribution in [1.29, 1.82) is 0 Å². The molecule has 0 radical (unpaired) electrons. The van der Waals surface area contributed by atoms with Gasteiger partial charge in [-0.15, -0.1) is 0 Å². The lowest BCUT2D eigenvalue weighted by atomic mass is 10.3. The van der Waals surface area contributed by atoms with E-state index in [2.05, 4.69) is 0 Å². The lowest BCUT2D eigenvalue weighted by Gasteiger charge is -2.23. The van der Waals surface area contributed by atoms with Crippen molar-refractivity contribution in [3.05, 3.63) is 23.8 Å². The van der Waals surface area contributed by atoms with Gasteiger partial charge in [0.1, 0.15) is 16.5 Å². The zero-order chi connectivity index (χ0) is 14.2. The molecule has 1 aliphatic rings. The van der Waals surface area contributed by atoms with Crippen molar-refractivity contribution in [3.8, 4) is 0 Å². The predicted molar refractivity (Wildman–Crippen MR) is 64.9 cm³/mol. The number of halogens is 2. The highest BCUT2D eigenvalue weighted by atomic mass is 32.2. The van der Waals surface area contributed by atoms with E-state index in [-0.39, 0.29) is 12.6 Å². The summed E-state index contributed by atoms with van der Waals surface area (Å²) in [6.45, 7) is 0.715. The molecule has 1 saturated heterocycles. The standard InChI is InChI=1S/C11H14F2N2O3S/c1-15(7-2-3-18-6-7)19(16,17)11-5-10(14)8(12)4-9(11)13/h4-5,7H,2-3,6,14H2,1H3. The molecule has 1 aliphatic heterocycles. The fourth-order valence-electron chi connectivity index (χ4n) is 1.90. The van der Waals surface area contributed by atoms with Crippen molar-refractivity contribution in [2.24, 2.45) is 0 Å². The lowest BCUT2D eigenvalue weighted by Crippen LogP contribution is -2.37. The lowest BCUT2D eigenvalue weighted by molar-refractivity contribution is 0.180. The van der Waals surface area contributed by atoms with Crippen LogP contribution in [-0.4, -0.2) is 39.0 Å². The highest BCUT2D eigenvalue weighted by Crippen LogP contribution is 2.26. The zero-order valence-electron chi connectivity index (χ0n) is 10.3. The SMILES string of the molecule is CN(C1CCOC1)S(=O)(=O)c1cc(N)c(F)cc1F. The quantitative estimate of drug-likeness (QED) is 0.842. The molecule has 8 heteroatoms. The van der Waals surface area contributed by atoms with Crippen LogP contribution in [0.5, 0.6) is 0 Å². The molecule has 1 atom stereocenters. The van der Waals surface area contributed by atoms with Gasteiger partial charge in [0.25, 0.3) is 0 Å². The normalized spacial score (nSPS) is 20.1. The number of rotatable bonds is 3. The van der Waals surface area contributed by atoms with E-state index in [1.54, 1.807) is 0 Å². The molecule has 0 bridgehead atoms. The third-order valence-electron chi connectivity index (χ3n) is 3.13. The predicted octanol–water partition coefficient (Wildman–Crippen LogP) is 0.956. The minimum atomic E-state index is -4.06. The largest absolute Gasteiger partial charge is 0.396 e. The average Bonchev–Trinajstić information content (AvgIpc) is 2.86. The van der Waals surface area contributed by atoms with E-state index in [1.165, 1.54) is 7.05 Å². The summed E-state index contributed by atoms with van der Waals surface area (Å²) in [6, 6.07) is 0.920. The van der Waals surface area contributed by atoms with Gasteiger partial charge in [-0.05, 0) is 12.5 Å². The number of nitrogens with two attached hydrogens (primary N) is 1. The highest BCUT2D eigenvalue weighted by Gasteiger charge is 2.33. The molecule has 0 spiro atoms. The molecule has 1 heterocycles. The van der Waals surface area contributed by atoms with E-state index in [9.17, 15) is 17.2 Å². The molecular formula is C11H14F2N2O3S. The van der Waals surface area contributed by atoms with E-state index >= 15 is 0 Å².